The molecular weight excluding hydrogens is 407 g/mol. The van der Waals surface area contributed by atoms with Gasteiger partial charge in [0.2, 0.25) is 0 Å². The van der Waals surface area contributed by atoms with Gasteiger partial charge in [0, 0.05) is 22.8 Å². The van der Waals surface area contributed by atoms with Crippen LogP contribution in [0.3, 0.4) is 0 Å². The summed E-state index contributed by atoms with van der Waals surface area (Å²) in [4.78, 5) is 35.4. The Hall–Kier alpha value is -2.77. The highest BCUT2D eigenvalue weighted by molar-refractivity contribution is 6.35. The van der Waals surface area contributed by atoms with E-state index >= 15 is 0 Å². The number of nitrogens with one attached hydrogen (secondary N) is 2. The number of rotatable bonds is 8. The van der Waals surface area contributed by atoms with Gasteiger partial charge in [0.1, 0.15) is 5.75 Å². The van der Waals surface area contributed by atoms with Crippen LogP contribution in [0.15, 0.2) is 42.5 Å². The third kappa shape index (κ3) is 6.75. The molecule has 2 aromatic rings. The van der Waals surface area contributed by atoms with E-state index in [2.05, 4.69) is 10.6 Å². The van der Waals surface area contributed by atoms with Crippen LogP contribution in [0.1, 0.15) is 17.3 Å². The van der Waals surface area contributed by atoms with E-state index in [0.29, 0.717) is 22.8 Å². The van der Waals surface area contributed by atoms with Crippen molar-refractivity contribution in [3.8, 4) is 5.75 Å². The maximum atomic E-state index is 11.9. The van der Waals surface area contributed by atoms with Crippen LogP contribution in [0, 0.1) is 0 Å². The average molecular weight is 425 g/mol. The third-order valence-electron chi connectivity index (χ3n) is 3.35. The van der Waals surface area contributed by atoms with E-state index in [1.54, 1.807) is 24.3 Å². The molecule has 2 aromatic carbocycles. The van der Waals surface area contributed by atoms with Crippen molar-refractivity contribution < 1.29 is 23.9 Å². The Morgan fingerprint density at radius 2 is 1.82 bits per heavy atom. The zero-order valence-electron chi connectivity index (χ0n) is 15.0. The number of anilines is 1. The van der Waals surface area contributed by atoms with Crippen molar-refractivity contribution in [2.75, 3.05) is 25.1 Å². The molecule has 148 valence electrons. The zero-order chi connectivity index (χ0) is 20.5. The van der Waals surface area contributed by atoms with E-state index in [0.717, 1.165) is 0 Å². The lowest BCUT2D eigenvalue weighted by atomic mass is 10.2. The first kappa shape index (κ1) is 21.5. The molecule has 7 nitrogen and oxygen atoms in total. The van der Waals surface area contributed by atoms with Gasteiger partial charge in [-0.2, -0.15) is 0 Å². The van der Waals surface area contributed by atoms with Gasteiger partial charge in [-0.15, -0.1) is 0 Å². The Morgan fingerprint density at radius 3 is 2.54 bits per heavy atom. The Morgan fingerprint density at radius 1 is 1.04 bits per heavy atom. The van der Waals surface area contributed by atoms with Gasteiger partial charge in [0.15, 0.2) is 13.2 Å². The molecule has 0 radical (unpaired) electrons. The molecule has 0 bridgehead atoms. The van der Waals surface area contributed by atoms with Gasteiger partial charge in [0.05, 0.1) is 5.02 Å². The maximum absolute atomic E-state index is 11.9. The van der Waals surface area contributed by atoms with Crippen LogP contribution in [-0.2, 0) is 14.3 Å². The highest BCUT2D eigenvalue weighted by Gasteiger charge is 2.11. The number of hydrogen-bond acceptors (Lipinski definition) is 5. The van der Waals surface area contributed by atoms with Crippen molar-refractivity contribution in [3.05, 3.63) is 58.1 Å². The Labute approximate surface area is 171 Å². The van der Waals surface area contributed by atoms with Crippen LogP contribution < -0.4 is 15.4 Å². The lowest BCUT2D eigenvalue weighted by molar-refractivity contribution is -0.149. The number of halogens is 2. The Bertz CT molecular complexity index is 873. The van der Waals surface area contributed by atoms with Gasteiger partial charge >= 0.3 is 5.97 Å². The van der Waals surface area contributed by atoms with Crippen LogP contribution in [0.4, 0.5) is 5.69 Å². The first-order valence-corrected chi connectivity index (χ1v) is 9.06. The molecule has 0 aliphatic heterocycles. The minimum atomic E-state index is -0.739. The van der Waals surface area contributed by atoms with Crippen LogP contribution in [-0.4, -0.2) is 37.5 Å². The van der Waals surface area contributed by atoms with Crippen molar-refractivity contribution in [1.29, 1.82) is 0 Å². The molecular formula is C19H18Cl2N2O5. The normalized spacial score (nSPS) is 10.1. The summed E-state index contributed by atoms with van der Waals surface area (Å²) in [6.07, 6.45) is 0. The summed E-state index contributed by atoms with van der Waals surface area (Å²) in [6, 6.07) is 11.0. The zero-order valence-corrected chi connectivity index (χ0v) is 16.5. The van der Waals surface area contributed by atoms with Crippen molar-refractivity contribution in [2.24, 2.45) is 0 Å². The Kier molecular flexibility index (Phi) is 8.10. The van der Waals surface area contributed by atoms with E-state index in [1.807, 2.05) is 6.92 Å². The fourth-order valence-corrected chi connectivity index (χ4v) is 2.58. The lowest BCUT2D eigenvalue weighted by Gasteiger charge is -2.09. The number of ether oxygens (including phenoxy) is 2. The van der Waals surface area contributed by atoms with Crippen LogP contribution in [0.25, 0.3) is 0 Å². The molecule has 0 aliphatic carbocycles. The van der Waals surface area contributed by atoms with Crippen LogP contribution >= 0.6 is 23.2 Å². The quantitative estimate of drug-likeness (QED) is 0.633. The average Bonchev–Trinajstić information content (AvgIpc) is 2.66. The number of benzene rings is 2. The number of esters is 1. The molecule has 2 amide bonds. The fourth-order valence-electron chi connectivity index (χ4n) is 2.11. The molecule has 0 fully saturated rings. The molecule has 0 unspecified atom stereocenters. The second kappa shape index (κ2) is 10.5. The number of carbonyl (C=O) groups excluding carboxylic acids is 3. The second-order valence-electron chi connectivity index (χ2n) is 5.51. The predicted octanol–water partition coefficient (Wildman–Crippen LogP) is 3.30. The van der Waals surface area contributed by atoms with Gasteiger partial charge in [-0.3, -0.25) is 9.59 Å². The standard InChI is InChI=1S/C19H18Cl2N2O5/c1-2-22-19(26)12-4-3-5-14(8-12)23-17(24)10-28-18(25)11-27-16-7-6-13(20)9-15(16)21/h3-9H,2,10-11H2,1H3,(H,22,26)(H,23,24). The number of amides is 2. The molecule has 0 saturated heterocycles. The molecule has 2 N–H and O–H groups in total. The monoisotopic (exact) mass is 424 g/mol. The van der Waals surface area contributed by atoms with E-state index in [9.17, 15) is 14.4 Å². The molecule has 0 aromatic heterocycles. The Balaban J connectivity index is 1.79. The minimum Gasteiger partial charge on any atom is -0.480 e. The summed E-state index contributed by atoms with van der Waals surface area (Å²) in [6.45, 7) is 1.39. The van der Waals surface area contributed by atoms with Crippen molar-refractivity contribution in [3.63, 3.8) is 0 Å². The van der Waals surface area contributed by atoms with Gasteiger partial charge in [-0.1, -0.05) is 29.3 Å². The van der Waals surface area contributed by atoms with E-state index in [4.69, 9.17) is 32.7 Å². The van der Waals surface area contributed by atoms with Crippen molar-refractivity contribution in [2.45, 2.75) is 6.92 Å². The number of hydrogen-bond donors (Lipinski definition) is 2. The first-order valence-electron chi connectivity index (χ1n) is 8.30. The van der Waals surface area contributed by atoms with E-state index in [-0.39, 0.29) is 16.7 Å². The summed E-state index contributed by atoms with van der Waals surface area (Å²) in [7, 11) is 0. The largest absolute Gasteiger partial charge is 0.480 e. The highest BCUT2D eigenvalue weighted by Crippen LogP contribution is 2.27. The molecule has 0 aliphatic rings. The maximum Gasteiger partial charge on any atom is 0.344 e. The molecule has 28 heavy (non-hydrogen) atoms. The lowest BCUT2D eigenvalue weighted by Crippen LogP contribution is -2.24. The topological polar surface area (TPSA) is 93.7 Å². The summed E-state index contributed by atoms with van der Waals surface area (Å²) in [5, 5.41) is 5.91. The molecule has 0 heterocycles. The van der Waals surface area contributed by atoms with E-state index < -0.39 is 25.1 Å². The van der Waals surface area contributed by atoms with Gasteiger partial charge < -0.3 is 20.1 Å². The van der Waals surface area contributed by atoms with Crippen LogP contribution in [0.5, 0.6) is 5.75 Å². The molecule has 0 atom stereocenters. The summed E-state index contributed by atoms with van der Waals surface area (Å²) in [5.41, 5.74) is 0.818. The summed E-state index contributed by atoms with van der Waals surface area (Å²) in [5.74, 6) is -1.26. The first-order chi connectivity index (χ1) is 13.4. The fraction of sp³-hybridized carbons (Fsp3) is 0.211. The predicted molar refractivity (Wildman–Crippen MR) is 106 cm³/mol. The summed E-state index contributed by atoms with van der Waals surface area (Å²) >= 11 is 11.7. The third-order valence-corrected chi connectivity index (χ3v) is 3.88. The smallest absolute Gasteiger partial charge is 0.344 e. The minimum absolute atomic E-state index is 0.247. The van der Waals surface area contributed by atoms with Gasteiger partial charge in [-0.05, 0) is 43.3 Å². The molecule has 0 spiro atoms. The highest BCUT2D eigenvalue weighted by atomic mass is 35.5. The van der Waals surface area contributed by atoms with E-state index in [1.165, 1.54) is 18.2 Å². The van der Waals surface area contributed by atoms with Crippen molar-refractivity contribution >= 4 is 46.7 Å². The van der Waals surface area contributed by atoms with Gasteiger partial charge in [-0.25, -0.2) is 4.79 Å². The molecule has 2 rings (SSSR count). The van der Waals surface area contributed by atoms with Crippen molar-refractivity contribution in [1.82, 2.24) is 5.32 Å². The summed E-state index contributed by atoms with van der Waals surface area (Å²) < 4.78 is 10.1. The molecule has 9 heteroatoms. The number of carbonyl (C=O) groups is 3. The molecule has 0 saturated carbocycles. The van der Waals surface area contributed by atoms with Gasteiger partial charge in [0.25, 0.3) is 11.8 Å². The van der Waals surface area contributed by atoms with Crippen LogP contribution in [0.2, 0.25) is 10.0 Å². The second-order valence-corrected chi connectivity index (χ2v) is 6.36. The SMILES string of the molecule is CCNC(=O)c1cccc(NC(=O)COC(=O)COc2ccc(Cl)cc2Cl)c1.